The number of unbranched alkanes of at least 4 members (excludes halogenated alkanes) is 4. The molecule has 0 amide bonds. The van der Waals surface area contributed by atoms with Crippen LogP contribution in [0.5, 0.6) is 11.5 Å². The first-order valence-corrected chi connectivity index (χ1v) is 12.0. The van der Waals surface area contributed by atoms with E-state index < -0.39 is 0 Å². The van der Waals surface area contributed by atoms with Crippen molar-refractivity contribution in [2.45, 2.75) is 50.8 Å². The summed E-state index contributed by atoms with van der Waals surface area (Å²) < 4.78 is 13.6. The number of hydrogen-bond donors (Lipinski definition) is 0. The molecule has 0 atom stereocenters. The van der Waals surface area contributed by atoms with Crippen molar-refractivity contribution in [3.63, 3.8) is 0 Å². The average Bonchev–Trinajstić information content (AvgIpc) is 3.21. The molecule has 2 aromatic carbocycles. The highest BCUT2D eigenvalue weighted by Crippen LogP contribution is 2.19. The Kier molecular flexibility index (Phi) is 9.44. The number of aromatic nitrogens is 3. The Morgan fingerprint density at radius 2 is 1.71 bits per heavy atom. The summed E-state index contributed by atoms with van der Waals surface area (Å²) in [7, 11) is 0. The molecule has 3 aromatic rings. The SMILES string of the molecule is CCCCCCCOc1ccccc1/C=N\n1c(COc2ccccc2)nnc1SC. The Balaban J connectivity index is 1.66. The summed E-state index contributed by atoms with van der Waals surface area (Å²) in [6.45, 7) is 3.22. The fraction of sp³-hybridized carbons (Fsp3) is 0.375. The molecule has 0 spiro atoms. The van der Waals surface area contributed by atoms with E-state index >= 15 is 0 Å². The van der Waals surface area contributed by atoms with Crippen LogP contribution in [-0.4, -0.2) is 34.0 Å². The summed E-state index contributed by atoms with van der Waals surface area (Å²) in [6, 6.07) is 17.6. The number of para-hydroxylation sites is 2. The molecule has 1 aromatic heterocycles. The number of nitrogens with zero attached hydrogens (tertiary/aromatic N) is 4. The molecule has 0 aliphatic heterocycles. The molecule has 0 unspecified atom stereocenters. The van der Waals surface area contributed by atoms with Crippen LogP contribution in [0.25, 0.3) is 0 Å². The Morgan fingerprint density at radius 3 is 2.52 bits per heavy atom. The Bertz CT molecular complexity index is 944. The van der Waals surface area contributed by atoms with Crippen molar-refractivity contribution >= 4 is 18.0 Å². The zero-order valence-corrected chi connectivity index (χ0v) is 19.1. The van der Waals surface area contributed by atoms with Crippen molar-refractivity contribution in [2.75, 3.05) is 12.9 Å². The van der Waals surface area contributed by atoms with Gasteiger partial charge in [0.25, 0.3) is 0 Å². The lowest BCUT2D eigenvalue weighted by molar-refractivity contribution is 0.290. The van der Waals surface area contributed by atoms with Crippen LogP contribution in [0.15, 0.2) is 64.9 Å². The molecule has 1 heterocycles. The second-order valence-corrected chi connectivity index (χ2v) is 7.83. The minimum Gasteiger partial charge on any atom is -0.493 e. The third kappa shape index (κ3) is 7.14. The van der Waals surface area contributed by atoms with Crippen molar-refractivity contribution in [1.29, 1.82) is 0 Å². The van der Waals surface area contributed by atoms with E-state index in [0.29, 0.717) is 17.6 Å². The maximum absolute atomic E-state index is 6.02. The van der Waals surface area contributed by atoms with Gasteiger partial charge in [-0.3, -0.25) is 0 Å². The van der Waals surface area contributed by atoms with Crippen LogP contribution in [-0.2, 0) is 6.61 Å². The number of ether oxygens (including phenoxy) is 2. The molecule has 0 saturated heterocycles. The first-order chi connectivity index (χ1) is 15.3. The first-order valence-electron chi connectivity index (χ1n) is 10.7. The summed E-state index contributed by atoms with van der Waals surface area (Å²) in [6.07, 6.45) is 9.81. The fourth-order valence-electron chi connectivity index (χ4n) is 3.02. The van der Waals surface area contributed by atoms with Gasteiger partial charge in [0.1, 0.15) is 18.1 Å². The molecule has 0 fully saturated rings. The highest BCUT2D eigenvalue weighted by Gasteiger charge is 2.12. The van der Waals surface area contributed by atoms with Gasteiger partial charge in [-0.15, -0.1) is 10.2 Å². The fourth-order valence-corrected chi connectivity index (χ4v) is 3.47. The molecule has 31 heavy (non-hydrogen) atoms. The van der Waals surface area contributed by atoms with E-state index in [0.717, 1.165) is 23.5 Å². The van der Waals surface area contributed by atoms with Crippen LogP contribution < -0.4 is 9.47 Å². The second kappa shape index (κ2) is 12.8. The van der Waals surface area contributed by atoms with Gasteiger partial charge in [-0.05, 0) is 36.9 Å². The standard InChI is InChI=1S/C24H30N4O2S/c1-3-4-5-6-12-17-29-22-16-11-10-13-20(22)18-25-28-23(26-27-24(28)31-2)19-30-21-14-8-7-9-15-21/h7-11,13-16,18H,3-6,12,17,19H2,1-2H3/b25-18-. The summed E-state index contributed by atoms with van der Waals surface area (Å²) in [5.74, 6) is 2.26. The zero-order chi connectivity index (χ0) is 21.7. The smallest absolute Gasteiger partial charge is 0.211 e. The van der Waals surface area contributed by atoms with Gasteiger partial charge in [0.15, 0.2) is 5.82 Å². The molecule has 164 valence electrons. The minimum atomic E-state index is 0.283. The predicted molar refractivity (Wildman–Crippen MR) is 126 cm³/mol. The molecule has 0 N–H and O–H groups in total. The van der Waals surface area contributed by atoms with Gasteiger partial charge < -0.3 is 9.47 Å². The van der Waals surface area contributed by atoms with Gasteiger partial charge in [-0.25, -0.2) is 0 Å². The normalized spacial score (nSPS) is 11.2. The van der Waals surface area contributed by atoms with E-state index in [4.69, 9.17) is 9.47 Å². The number of benzene rings is 2. The summed E-state index contributed by atoms with van der Waals surface area (Å²) in [5.41, 5.74) is 0.923. The Hall–Kier alpha value is -2.80. The van der Waals surface area contributed by atoms with Gasteiger partial charge in [0.05, 0.1) is 12.8 Å². The maximum Gasteiger partial charge on any atom is 0.211 e. The molecular formula is C24H30N4O2S. The van der Waals surface area contributed by atoms with Crippen molar-refractivity contribution in [2.24, 2.45) is 5.10 Å². The summed E-state index contributed by atoms with van der Waals surface area (Å²) in [5, 5.41) is 13.8. The van der Waals surface area contributed by atoms with Crippen LogP contribution >= 0.6 is 11.8 Å². The van der Waals surface area contributed by atoms with Crippen molar-refractivity contribution < 1.29 is 9.47 Å². The molecule has 0 saturated carbocycles. The third-order valence-corrected chi connectivity index (χ3v) is 5.33. The van der Waals surface area contributed by atoms with Crippen molar-refractivity contribution in [3.05, 3.63) is 66.0 Å². The number of thioether (sulfide) groups is 1. The molecule has 0 aliphatic carbocycles. The van der Waals surface area contributed by atoms with Crippen LogP contribution in [0.2, 0.25) is 0 Å². The van der Waals surface area contributed by atoms with E-state index in [1.54, 1.807) is 10.9 Å². The highest BCUT2D eigenvalue weighted by atomic mass is 32.2. The molecule has 6 nitrogen and oxygen atoms in total. The lowest BCUT2D eigenvalue weighted by atomic mass is 10.2. The average molecular weight is 439 g/mol. The molecule has 0 aliphatic rings. The minimum absolute atomic E-state index is 0.283. The van der Waals surface area contributed by atoms with Crippen LogP contribution in [0, 0.1) is 0 Å². The van der Waals surface area contributed by atoms with Crippen molar-refractivity contribution in [1.82, 2.24) is 14.9 Å². The van der Waals surface area contributed by atoms with Crippen molar-refractivity contribution in [3.8, 4) is 11.5 Å². The van der Waals surface area contributed by atoms with Crippen LogP contribution in [0.1, 0.15) is 50.4 Å². The van der Waals surface area contributed by atoms with Crippen LogP contribution in [0.4, 0.5) is 0 Å². The number of hydrogen-bond acceptors (Lipinski definition) is 6. The first kappa shape index (κ1) is 22.9. The van der Waals surface area contributed by atoms with E-state index in [1.807, 2.05) is 60.9 Å². The number of rotatable bonds is 13. The van der Waals surface area contributed by atoms with Gasteiger partial charge in [-0.1, -0.05) is 74.7 Å². The molecular weight excluding hydrogens is 408 g/mol. The molecule has 0 radical (unpaired) electrons. The zero-order valence-electron chi connectivity index (χ0n) is 18.2. The van der Waals surface area contributed by atoms with Gasteiger partial charge >= 0.3 is 0 Å². The Labute approximate surface area is 188 Å². The predicted octanol–water partition coefficient (Wildman–Crippen LogP) is 5.81. The van der Waals surface area contributed by atoms with Gasteiger partial charge in [-0.2, -0.15) is 9.78 Å². The van der Waals surface area contributed by atoms with Gasteiger partial charge in [0.2, 0.25) is 5.16 Å². The van der Waals surface area contributed by atoms with E-state index in [1.165, 1.54) is 37.4 Å². The second-order valence-electron chi connectivity index (χ2n) is 7.06. The largest absolute Gasteiger partial charge is 0.493 e. The molecule has 3 rings (SSSR count). The third-order valence-electron chi connectivity index (χ3n) is 4.71. The Morgan fingerprint density at radius 1 is 0.935 bits per heavy atom. The highest BCUT2D eigenvalue weighted by molar-refractivity contribution is 7.98. The summed E-state index contributed by atoms with van der Waals surface area (Å²) >= 11 is 1.49. The van der Waals surface area contributed by atoms with E-state index in [2.05, 4.69) is 22.2 Å². The maximum atomic E-state index is 6.02. The quantitative estimate of drug-likeness (QED) is 0.191. The van der Waals surface area contributed by atoms with E-state index in [9.17, 15) is 0 Å². The lowest BCUT2D eigenvalue weighted by Crippen LogP contribution is -2.05. The van der Waals surface area contributed by atoms with Gasteiger partial charge in [0, 0.05) is 5.56 Å². The van der Waals surface area contributed by atoms with Crippen LogP contribution in [0.3, 0.4) is 0 Å². The molecule has 7 heteroatoms. The monoisotopic (exact) mass is 438 g/mol. The topological polar surface area (TPSA) is 61.5 Å². The van der Waals surface area contributed by atoms with E-state index in [-0.39, 0.29) is 6.61 Å². The summed E-state index contributed by atoms with van der Waals surface area (Å²) in [4.78, 5) is 0. The molecule has 0 bridgehead atoms. The lowest BCUT2D eigenvalue weighted by Gasteiger charge is -2.09.